The molecule has 1 saturated carbocycles. The zero-order valence-corrected chi connectivity index (χ0v) is 17.5. The van der Waals surface area contributed by atoms with Crippen molar-refractivity contribution < 1.29 is 0 Å². The Morgan fingerprint density at radius 3 is 2.19 bits per heavy atom. The van der Waals surface area contributed by atoms with Gasteiger partial charge in [-0.25, -0.2) is 0 Å². The average molecular weight is 371 g/mol. The van der Waals surface area contributed by atoms with E-state index in [-0.39, 0.29) is 6.04 Å². The Bertz CT molecular complexity index is 369. The number of rotatable bonds is 13. The molecule has 10 N–H and O–H groups in total. The van der Waals surface area contributed by atoms with Crippen LogP contribution in [0.4, 0.5) is 0 Å². The third-order valence-corrected chi connectivity index (χ3v) is 6.33. The van der Waals surface area contributed by atoms with Crippen molar-refractivity contribution in [3.8, 4) is 0 Å². The van der Waals surface area contributed by atoms with Crippen molar-refractivity contribution in [2.45, 2.75) is 108 Å². The predicted octanol–water partition coefficient (Wildman–Crippen LogP) is 1.72. The molecular weight excluding hydrogens is 324 g/mol. The summed E-state index contributed by atoms with van der Waals surface area (Å²) in [4.78, 5) is 0. The molecule has 0 amide bonds. The minimum atomic E-state index is -1.04. The second kappa shape index (κ2) is 11.6. The van der Waals surface area contributed by atoms with E-state index in [0.29, 0.717) is 24.9 Å². The number of nitrogens with two attached hydrogens (primary N) is 4. The van der Waals surface area contributed by atoms with Crippen molar-refractivity contribution in [2.75, 3.05) is 13.1 Å². The van der Waals surface area contributed by atoms with Crippen molar-refractivity contribution in [1.29, 1.82) is 0 Å². The second-order valence-electron chi connectivity index (χ2n) is 8.42. The average Bonchev–Trinajstić information content (AvgIpc) is 2.64. The van der Waals surface area contributed by atoms with E-state index in [9.17, 15) is 0 Å². The molecule has 1 aliphatic rings. The molecule has 0 radical (unpaired) electrons. The number of hydrogen-bond donors (Lipinski definition) is 6. The zero-order valence-electron chi connectivity index (χ0n) is 17.5. The lowest BCUT2D eigenvalue weighted by atomic mass is 9.83. The SMILES string of the molecule is CCCCC(CC)CNCC(N)C(N)(NC1CCCCC1)C(N)(N)CC. The van der Waals surface area contributed by atoms with Crippen LogP contribution in [0.15, 0.2) is 0 Å². The molecule has 3 unspecified atom stereocenters. The topological polar surface area (TPSA) is 128 Å². The van der Waals surface area contributed by atoms with Crippen molar-refractivity contribution in [3.63, 3.8) is 0 Å². The van der Waals surface area contributed by atoms with Crippen molar-refractivity contribution in [2.24, 2.45) is 28.9 Å². The standard InChI is InChI=1S/C20H46N6/c1-4-7-11-16(5-2)14-25-15-18(21)20(24,19(22,23)6-3)26-17-12-9-8-10-13-17/h16-18,25-26H,4-15,21-24H2,1-3H3. The van der Waals surface area contributed by atoms with Gasteiger partial charge in [-0.15, -0.1) is 0 Å². The fraction of sp³-hybridized carbons (Fsp3) is 1.00. The molecule has 0 saturated heterocycles. The predicted molar refractivity (Wildman–Crippen MR) is 112 cm³/mol. The first-order chi connectivity index (χ1) is 12.3. The van der Waals surface area contributed by atoms with Crippen LogP contribution in [-0.2, 0) is 0 Å². The molecule has 1 fully saturated rings. The molecular formula is C20H46N6. The van der Waals surface area contributed by atoms with E-state index in [1.165, 1.54) is 44.9 Å². The maximum absolute atomic E-state index is 6.76. The third-order valence-electron chi connectivity index (χ3n) is 6.33. The quantitative estimate of drug-likeness (QED) is 0.274. The molecule has 6 heteroatoms. The van der Waals surface area contributed by atoms with E-state index in [1.807, 2.05) is 6.92 Å². The smallest absolute Gasteiger partial charge is 0.115 e. The fourth-order valence-corrected chi connectivity index (χ4v) is 4.01. The highest BCUT2D eigenvalue weighted by Crippen LogP contribution is 2.23. The molecule has 0 heterocycles. The molecule has 156 valence electrons. The molecule has 0 aromatic rings. The van der Waals surface area contributed by atoms with Crippen LogP contribution in [0.25, 0.3) is 0 Å². The van der Waals surface area contributed by atoms with Crippen molar-refractivity contribution >= 4 is 0 Å². The second-order valence-corrected chi connectivity index (χ2v) is 8.42. The molecule has 0 aromatic carbocycles. The van der Waals surface area contributed by atoms with Gasteiger partial charge >= 0.3 is 0 Å². The summed E-state index contributed by atoms with van der Waals surface area (Å²) in [6.07, 6.45) is 11.5. The van der Waals surface area contributed by atoms with Crippen LogP contribution in [0.1, 0.15) is 85.0 Å². The largest absolute Gasteiger partial charge is 0.324 e. The van der Waals surface area contributed by atoms with E-state index in [4.69, 9.17) is 22.9 Å². The Hall–Kier alpha value is -0.240. The van der Waals surface area contributed by atoms with E-state index >= 15 is 0 Å². The summed E-state index contributed by atoms with van der Waals surface area (Å²) >= 11 is 0. The molecule has 1 aliphatic carbocycles. The van der Waals surface area contributed by atoms with Gasteiger partial charge in [0.25, 0.3) is 0 Å². The minimum absolute atomic E-state index is 0.344. The van der Waals surface area contributed by atoms with Gasteiger partial charge in [0.05, 0.1) is 11.7 Å². The Kier molecular flexibility index (Phi) is 10.6. The van der Waals surface area contributed by atoms with Gasteiger partial charge in [0.15, 0.2) is 0 Å². The molecule has 0 bridgehead atoms. The highest BCUT2D eigenvalue weighted by molar-refractivity contribution is 5.09. The summed E-state index contributed by atoms with van der Waals surface area (Å²) in [7, 11) is 0. The lowest BCUT2D eigenvalue weighted by molar-refractivity contribution is 0.108. The lowest BCUT2D eigenvalue weighted by Crippen LogP contribution is -2.85. The highest BCUT2D eigenvalue weighted by Gasteiger charge is 2.47. The first kappa shape index (κ1) is 23.8. The van der Waals surface area contributed by atoms with Crippen LogP contribution < -0.4 is 33.6 Å². The summed E-state index contributed by atoms with van der Waals surface area (Å²) in [6, 6.07) is 0.00817. The van der Waals surface area contributed by atoms with Gasteiger partial charge in [0.1, 0.15) is 5.66 Å². The Morgan fingerprint density at radius 2 is 1.65 bits per heavy atom. The van der Waals surface area contributed by atoms with Crippen LogP contribution in [0.2, 0.25) is 0 Å². The first-order valence-electron chi connectivity index (χ1n) is 10.9. The summed E-state index contributed by atoms with van der Waals surface area (Å²) in [5.74, 6) is 0.687. The third kappa shape index (κ3) is 6.73. The maximum Gasteiger partial charge on any atom is 0.115 e. The Morgan fingerprint density at radius 1 is 1.00 bits per heavy atom. The van der Waals surface area contributed by atoms with Crippen molar-refractivity contribution in [1.82, 2.24) is 10.6 Å². The van der Waals surface area contributed by atoms with Gasteiger partial charge < -0.3 is 28.3 Å². The number of nitrogens with one attached hydrogen (secondary N) is 2. The van der Waals surface area contributed by atoms with Gasteiger partial charge in [0, 0.05) is 12.6 Å². The van der Waals surface area contributed by atoms with E-state index in [0.717, 1.165) is 19.4 Å². The van der Waals surface area contributed by atoms with Gasteiger partial charge in [0.2, 0.25) is 0 Å². The monoisotopic (exact) mass is 370 g/mol. The Labute approximate surface area is 161 Å². The molecule has 0 aliphatic heterocycles. The molecule has 26 heavy (non-hydrogen) atoms. The van der Waals surface area contributed by atoms with E-state index in [1.54, 1.807) is 0 Å². The molecule has 0 spiro atoms. The van der Waals surface area contributed by atoms with Crippen LogP contribution >= 0.6 is 0 Å². The maximum atomic E-state index is 6.76. The summed E-state index contributed by atoms with van der Waals surface area (Å²) in [6.45, 7) is 8.05. The van der Waals surface area contributed by atoms with Crippen LogP contribution in [0.5, 0.6) is 0 Å². The summed E-state index contributed by atoms with van der Waals surface area (Å²) in [5, 5.41) is 7.10. The normalized spacial score (nSPS) is 21.3. The number of hydrogen-bond acceptors (Lipinski definition) is 6. The van der Waals surface area contributed by atoms with Crippen LogP contribution in [0.3, 0.4) is 0 Å². The number of unbranched alkanes of at least 4 members (excludes halogenated alkanes) is 1. The van der Waals surface area contributed by atoms with Gasteiger partial charge in [-0.2, -0.15) is 0 Å². The molecule has 3 atom stereocenters. The van der Waals surface area contributed by atoms with E-state index < -0.39 is 11.3 Å². The van der Waals surface area contributed by atoms with Crippen LogP contribution in [0, 0.1) is 5.92 Å². The van der Waals surface area contributed by atoms with Gasteiger partial charge in [-0.1, -0.05) is 59.3 Å². The first-order valence-corrected chi connectivity index (χ1v) is 10.9. The van der Waals surface area contributed by atoms with E-state index in [2.05, 4.69) is 24.5 Å². The molecule has 0 aromatic heterocycles. The van der Waals surface area contributed by atoms with Gasteiger partial charge in [-0.05, 0) is 38.1 Å². The minimum Gasteiger partial charge on any atom is -0.324 e. The molecule has 6 nitrogen and oxygen atoms in total. The van der Waals surface area contributed by atoms with Crippen LogP contribution in [-0.4, -0.2) is 36.5 Å². The fourth-order valence-electron chi connectivity index (χ4n) is 4.01. The molecule has 1 rings (SSSR count). The summed E-state index contributed by atoms with van der Waals surface area (Å²) in [5.41, 5.74) is 24.1. The highest BCUT2D eigenvalue weighted by atomic mass is 15.3. The lowest BCUT2D eigenvalue weighted by Gasteiger charge is -2.49. The Balaban J connectivity index is 2.67. The van der Waals surface area contributed by atoms with Crippen molar-refractivity contribution in [3.05, 3.63) is 0 Å². The zero-order chi connectivity index (χ0) is 19.6. The summed E-state index contributed by atoms with van der Waals surface area (Å²) < 4.78 is 0. The van der Waals surface area contributed by atoms with Gasteiger partial charge in [-0.3, -0.25) is 5.32 Å².